The number of hydrogen-bond acceptors (Lipinski definition) is 4. The molecule has 0 aliphatic rings. The summed E-state index contributed by atoms with van der Waals surface area (Å²) in [6.07, 6.45) is 8.09. The van der Waals surface area contributed by atoms with Gasteiger partial charge in [-0.2, -0.15) is 11.3 Å². The predicted molar refractivity (Wildman–Crippen MR) is 85.0 cm³/mol. The molecule has 0 aliphatic heterocycles. The van der Waals surface area contributed by atoms with Crippen LogP contribution in [0.2, 0.25) is 0 Å². The topological polar surface area (TPSA) is 46.6 Å². The van der Waals surface area contributed by atoms with Crippen molar-refractivity contribution in [1.29, 1.82) is 0 Å². The Kier molecular flexibility index (Phi) is 4.56. The van der Waals surface area contributed by atoms with Crippen LogP contribution in [0.5, 0.6) is 0 Å². The van der Waals surface area contributed by atoms with Gasteiger partial charge in [-0.05, 0) is 46.7 Å². The van der Waals surface area contributed by atoms with Crippen LogP contribution in [-0.4, -0.2) is 10.8 Å². The van der Waals surface area contributed by atoms with E-state index in [0.717, 1.165) is 16.9 Å². The number of furan rings is 2. The average Bonchev–Trinajstić information content (AvgIpc) is 3.27. The Labute approximate surface area is 132 Å². The van der Waals surface area contributed by atoms with E-state index in [0.29, 0.717) is 13.1 Å². The lowest BCUT2D eigenvalue weighted by atomic mass is 10.2. The summed E-state index contributed by atoms with van der Waals surface area (Å²) < 4.78 is 10.3. The highest BCUT2D eigenvalue weighted by atomic mass is 32.1. The first-order chi connectivity index (χ1) is 10.8. The van der Waals surface area contributed by atoms with Crippen LogP contribution in [-0.2, 0) is 17.9 Å². The molecule has 3 aromatic rings. The van der Waals surface area contributed by atoms with E-state index in [2.05, 4.69) is 0 Å². The van der Waals surface area contributed by atoms with Crippen molar-refractivity contribution in [2.75, 3.05) is 0 Å². The molecule has 0 unspecified atom stereocenters. The summed E-state index contributed by atoms with van der Waals surface area (Å²) in [5.41, 5.74) is 1.98. The fourth-order valence-electron chi connectivity index (χ4n) is 2.05. The first-order valence-corrected chi connectivity index (χ1v) is 7.78. The summed E-state index contributed by atoms with van der Waals surface area (Å²) >= 11 is 1.62. The zero-order valence-electron chi connectivity index (χ0n) is 11.8. The molecule has 4 nitrogen and oxygen atoms in total. The van der Waals surface area contributed by atoms with E-state index < -0.39 is 0 Å². The first-order valence-electron chi connectivity index (χ1n) is 6.84. The number of carbonyl (C=O) groups is 1. The van der Waals surface area contributed by atoms with Crippen molar-refractivity contribution in [3.8, 4) is 0 Å². The molecule has 0 bridgehead atoms. The van der Waals surface area contributed by atoms with Gasteiger partial charge in [-0.3, -0.25) is 4.79 Å². The number of nitrogens with zero attached hydrogens (tertiary/aromatic N) is 1. The standard InChI is InChI=1S/C17H15NO3S/c19-17(4-3-14-5-8-20-12-14)18(10-15-6-9-22-13-15)11-16-2-1-7-21-16/h1-9,12-13H,10-11H2. The molecule has 3 heterocycles. The van der Waals surface area contributed by atoms with E-state index in [9.17, 15) is 4.79 Å². The second-order valence-electron chi connectivity index (χ2n) is 4.80. The lowest BCUT2D eigenvalue weighted by molar-refractivity contribution is -0.127. The van der Waals surface area contributed by atoms with Crippen LogP contribution >= 0.6 is 11.3 Å². The Morgan fingerprint density at radius 2 is 2.18 bits per heavy atom. The first kappa shape index (κ1) is 14.4. The number of amides is 1. The van der Waals surface area contributed by atoms with Crippen molar-refractivity contribution >= 4 is 23.3 Å². The number of thiophene rings is 1. The van der Waals surface area contributed by atoms with Gasteiger partial charge in [0.15, 0.2) is 0 Å². The highest BCUT2D eigenvalue weighted by molar-refractivity contribution is 7.07. The van der Waals surface area contributed by atoms with E-state index in [4.69, 9.17) is 8.83 Å². The van der Waals surface area contributed by atoms with Crippen LogP contribution in [0, 0.1) is 0 Å². The van der Waals surface area contributed by atoms with Crippen molar-refractivity contribution in [3.05, 3.63) is 76.8 Å². The van der Waals surface area contributed by atoms with E-state index in [1.807, 2.05) is 29.0 Å². The lowest BCUT2D eigenvalue weighted by Gasteiger charge is -2.19. The third kappa shape index (κ3) is 3.77. The molecule has 22 heavy (non-hydrogen) atoms. The zero-order valence-corrected chi connectivity index (χ0v) is 12.7. The van der Waals surface area contributed by atoms with Crippen LogP contribution < -0.4 is 0 Å². The zero-order chi connectivity index (χ0) is 15.2. The smallest absolute Gasteiger partial charge is 0.247 e. The largest absolute Gasteiger partial charge is 0.472 e. The number of hydrogen-bond donors (Lipinski definition) is 0. The highest BCUT2D eigenvalue weighted by Crippen LogP contribution is 2.14. The van der Waals surface area contributed by atoms with Crippen molar-refractivity contribution < 1.29 is 13.6 Å². The summed E-state index contributed by atoms with van der Waals surface area (Å²) in [7, 11) is 0. The number of rotatable bonds is 6. The molecule has 0 aliphatic carbocycles. The quantitative estimate of drug-likeness (QED) is 0.641. The van der Waals surface area contributed by atoms with Crippen LogP contribution in [0.4, 0.5) is 0 Å². The monoisotopic (exact) mass is 313 g/mol. The molecule has 0 fully saturated rings. The normalized spacial score (nSPS) is 11.1. The van der Waals surface area contributed by atoms with Gasteiger partial charge in [0, 0.05) is 18.2 Å². The maximum Gasteiger partial charge on any atom is 0.247 e. The van der Waals surface area contributed by atoms with Crippen LogP contribution in [0.1, 0.15) is 16.9 Å². The van der Waals surface area contributed by atoms with Gasteiger partial charge in [0.2, 0.25) is 5.91 Å². The Morgan fingerprint density at radius 1 is 1.23 bits per heavy atom. The van der Waals surface area contributed by atoms with E-state index in [1.165, 1.54) is 0 Å². The van der Waals surface area contributed by atoms with Crippen molar-refractivity contribution in [1.82, 2.24) is 4.90 Å². The minimum atomic E-state index is -0.0659. The molecule has 1 amide bonds. The summed E-state index contributed by atoms with van der Waals surface area (Å²) in [5, 5.41) is 4.05. The molecular weight excluding hydrogens is 298 g/mol. The second-order valence-corrected chi connectivity index (χ2v) is 5.58. The molecule has 5 heteroatoms. The van der Waals surface area contributed by atoms with Crippen LogP contribution in [0.3, 0.4) is 0 Å². The molecule has 0 aromatic carbocycles. The molecule has 0 atom stereocenters. The SMILES string of the molecule is O=C(C=Cc1ccoc1)N(Cc1ccsc1)Cc1ccco1. The van der Waals surface area contributed by atoms with Gasteiger partial charge in [-0.25, -0.2) is 0 Å². The van der Waals surface area contributed by atoms with Gasteiger partial charge in [-0.1, -0.05) is 0 Å². The molecule has 3 aromatic heterocycles. The minimum absolute atomic E-state index is 0.0659. The van der Waals surface area contributed by atoms with E-state index in [1.54, 1.807) is 53.2 Å². The summed E-state index contributed by atoms with van der Waals surface area (Å²) in [4.78, 5) is 14.2. The summed E-state index contributed by atoms with van der Waals surface area (Å²) in [6, 6.07) is 7.52. The Balaban J connectivity index is 1.73. The van der Waals surface area contributed by atoms with Gasteiger partial charge in [-0.15, -0.1) is 0 Å². The minimum Gasteiger partial charge on any atom is -0.472 e. The van der Waals surface area contributed by atoms with E-state index in [-0.39, 0.29) is 5.91 Å². The van der Waals surface area contributed by atoms with Crippen LogP contribution in [0.25, 0.3) is 6.08 Å². The Morgan fingerprint density at radius 3 is 2.86 bits per heavy atom. The van der Waals surface area contributed by atoms with Gasteiger partial charge < -0.3 is 13.7 Å². The van der Waals surface area contributed by atoms with Crippen molar-refractivity contribution in [2.45, 2.75) is 13.1 Å². The number of carbonyl (C=O) groups excluding carboxylic acids is 1. The third-order valence-electron chi connectivity index (χ3n) is 3.15. The highest BCUT2D eigenvalue weighted by Gasteiger charge is 2.14. The predicted octanol–water partition coefficient (Wildman–Crippen LogP) is 4.18. The average molecular weight is 313 g/mol. The Hall–Kier alpha value is -2.53. The van der Waals surface area contributed by atoms with Crippen LogP contribution in [0.15, 0.2) is 68.7 Å². The fourth-order valence-corrected chi connectivity index (χ4v) is 2.71. The second kappa shape index (κ2) is 6.95. The van der Waals surface area contributed by atoms with Crippen molar-refractivity contribution in [2.24, 2.45) is 0 Å². The molecule has 0 N–H and O–H groups in total. The Bertz CT molecular complexity index is 676. The molecule has 0 saturated carbocycles. The molecule has 112 valence electrons. The fraction of sp³-hybridized carbons (Fsp3) is 0.118. The maximum absolute atomic E-state index is 12.5. The third-order valence-corrected chi connectivity index (χ3v) is 3.89. The summed E-state index contributed by atoms with van der Waals surface area (Å²) in [6.45, 7) is 0.996. The maximum atomic E-state index is 12.5. The molecular formula is C17H15NO3S. The van der Waals surface area contributed by atoms with Gasteiger partial charge in [0.05, 0.1) is 25.3 Å². The summed E-state index contributed by atoms with van der Waals surface area (Å²) in [5.74, 6) is 0.698. The molecule has 3 rings (SSSR count). The van der Waals surface area contributed by atoms with Gasteiger partial charge >= 0.3 is 0 Å². The van der Waals surface area contributed by atoms with Gasteiger partial charge in [0.1, 0.15) is 5.76 Å². The van der Waals surface area contributed by atoms with E-state index >= 15 is 0 Å². The molecule has 0 radical (unpaired) electrons. The lowest BCUT2D eigenvalue weighted by Crippen LogP contribution is -2.28. The van der Waals surface area contributed by atoms with Crippen molar-refractivity contribution in [3.63, 3.8) is 0 Å². The molecule has 0 saturated heterocycles. The van der Waals surface area contributed by atoms with Gasteiger partial charge in [0.25, 0.3) is 0 Å². The molecule has 0 spiro atoms.